The van der Waals surface area contributed by atoms with Crippen LogP contribution in [0, 0.1) is 6.92 Å². The van der Waals surface area contributed by atoms with Gasteiger partial charge in [-0.3, -0.25) is 0 Å². The number of hydrogen-bond acceptors (Lipinski definition) is 0. The molecule has 0 aliphatic rings. The predicted octanol–water partition coefficient (Wildman–Crippen LogP) is 6.01. The summed E-state index contributed by atoms with van der Waals surface area (Å²) in [6.07, 6.45) is 7.42. The second-order valence-corrected chi connectivity index (χ2v) is 5.35. The molecule has 0 unspecified atom stereocenters. The molecule has 0 amide bonds. The Labute approximate surface area is 123 Å². The standard InChI is InChI=1S/C20H24/c1-3-4-5-9-12-20(18-10-7-6-8-11-18)19-15-13-17(2)14-16-19/h6-8,10-16H,3-5,9H2,1-2H3/b20-12+. The molecule has 0 radical (unpaired) electrons. The molecule has 0 bridgehead atoms. The molecule has 0 N–H and O–H groups in total. The van der Waals surface area contributed by atoms with E-state index in [1.165, 1.54) is 41.5 Å². The fraction of sp³-hybridized carbons (Fsp3) is 0.300. The quantitative estimate of drug-likeness (QED) is 0.561. The van der Waals surface area contributed by atoms with Gasteiger partial charge in [-0.05, 0) is 36.5 Å². The Kier molecular flexibility index (Phi) is 5.61. The van der Waals surface area contributed by atoms with E-state index in [4.69, 9.17) is 0 Å². The largest absolute Gasteiger partial charge is 0.0761 e. The van der Waals surface area contributed by atoms with Crippen molar-refractivity contribution in [1.29, 1.82) is 0 Å². The van der Waals surface area contributed by atoms with Crippen molar-refractivity contribution in [2.24, 2.45) is 0 Å². The van der Waals surface area contributed by atoms with Gasteiger partial charge in [0.1, 0.15) is 0 Å². The van der Waals surface area contributed by atoms with Crippen LogP contribution in [-0.2, 0) is 0 Å². The van der Waals surface area contributed by atoms with Gasteiger partial charge in [0.25, 0.3) is 0 Å². The minimum atomic E-state index is 1.16. The Bertz CT molecular complexity index is 532. The summed E-state index contributed by atoms with van der Waals surface area (Å²) in [4.78, 5) is 0. The number of benzene rings is 2. The van der Waals surface area contributed by atoms with E-state index in [2.05, 4.69) is 74.5 Å². The molecule has 2 rings (SSSR count). The first-order valence-corrected chi connectivity index (χ1v) is 7.64. The highest BCUT2D eigenvalue weighted by molar-refractivity contribution is 5.79. The van der Waals surface area contributed by atoms with Gasteiger partial charge in [-0.1, -0.05) is 86.0 Å². The van der Waals surface area contributed by atoms with Crippen molar-refractivity contribution < 1.29 is 0 Å². The zero-order valence-corrected chi connectivity index (χ0v) is 12.6. The van der Waals surface area contributed by atoms with Gasteiger partial charge in [-0.15, -0.1) is 0 Å². The summed E-state index contributed by atoms with van der Waals surface area (Å²) in [6.45, 7) is 4.39. The maximum atomic E-state index is 2.40. The molecular weight excluding hydrogens is 240 g/mol. The number of rotatable bonds is 6. The molecule has 104 valence electrons. The molecule has 0 spiro atoms. The van der Waals surface area contributed by atoms with Crippen LogP contribution < -0.4 is 0 Å². The molecule has 0 aliphatic carbocycles. The van der Waals surface area contributed by atoms with Crippen LogP contribution in [0.25, 0.3) is 5.57 Å². The zero-order chi connectivity index (χ0) is 14.2. The van der Waals surface area contributed by atoms with Crippen molar-refractivity contribution in [1.82, 2.24) is 0 Å². The van der Waals surface area contributed by atoms with Crippen LogP contribution >= 0.6 is 0 Å². The smallest absolute Gasteiger partial charge is 0.0151 e. The third-order valence-corrected chi connectivity index (χ3v) is 3.60. The molecular formula is C20H24. The third kappa shape index (κ3) is 4.09. The number of allylic oxidation sites excluding steroid dienone is 1. The van der Waals surface area contributed by atoms with E-state index in [0.717, 1.165) is 6.42 Å². The van der Waals surface area contributed by atoms with Gasteiger partial charge in [0.15, 0.2) is 0 Å². The lowest BCUT2D eigenvalue weighted by atomic mass is 9.95. The van der Waals surface area contributed by atoms with Crippen LogP contribution in [0.3, 0.4) is 0 Å². The average molecular weight is 264 g/mol. The molecule has 20 heavy (non-hydrogen) atoms. The zero-order valence-electron chi connectivity index (χ0n) is 12.6. The third-order valence-electron chi connectivity index (χ3n) is 3.60. The fourth-order valence-corrected chi connectivity index (χ4v) is 2.39. The molecule has 0 fully saturated rings. The second kappa shape index (κ2) is 7.69. The van der Waals surface area contributed by atoms with Crippen molar-refractivity contribution in [2.45, 2.75) is 39.5 Å². The lowest BCUT2D eigenvalue weighted by molar-refractivity contribution is 0.730. The van der Waals surface area contributed by atoms with Crippen LogP contribution in [0.1, 0.15) is 49.3 Å². The van der Waals surface area contributed by atoms with Gasteiger partial charge in [0.2, 0.25) is 0 Å². The van der Waals surface area contributed by atoms with Crippen LogP contribution in [0.4, 0.5) is 0 Å². The maximum Gasteiger partial charge on any atom is -0.0151 e. The summed E-state index contributed by atoms with van der Waals surface area (Å²) in [5, 5.41) is 0. The Morgan fingerprint density at radius 3 is 2.15 bits per heavy atom. The molecule has 0 nitrogen and oxygen atoms in total. The van der Waals surface area contributed by atoms with Gasteiger partial charge >= 0.3 is 0 Å². The summed E-state index contributed by atoms with van der Waals surface area (Å²) in [5.41, 5.74) is 5.31. The molecule has 0 atom stereocenters. The van der Waals surface area contributed by atoms with Gasteiger partial charge in [-0.2, -0.15) is 0 Å². The van der Waals surface area contributed by atoms with E-state index in [1.807, 2.05) is 0 Å². The molecule has 0 heteroatoms. The maximum absolute atomic E-state index is 2.40. The molecule has 0 heterocycles. The summed E-state index contributed by atoms with van der Waals surface area (Å²) in [6, 6.07) is 19.6. The highest BCUT2D eigenvalue weighted by Gasteiger charge is 2.04. The van der Waals surface area contributed by atoms with E-state index >= 15 is 0 Å². The normalized spacial score (nSPS) is 11.6. The van der Waals surface area contributed by atoms with Gasteiger partial charge in [0.05, 0.1) is 0 Å². The van der Waals surface area contributed by atoms with Crippen LogP contribution in [-0.4, -0.2) is 0 Å². The van der Waals surface area contributed by atoms with Gasteiger partial charge in [-0.25, -0.2) is 0 Å². The fourth-order valence-electron chi connectivity index (χ4n) is 2.39. The number of hydrogen-bond donors (Lipinski definition) is 0. The lowest BCUT2D eigenvalue weighted by Gasteiger charge is -2.09. The predicted molar refractivity (Wildman–Crippen MR) is 88.8 cm³/mol. The van der Waals surface area contributed by atoms with Crippen LogP contribution in [0.15, 0.2) is 60.7 Å². The minimum Gasteiger partial charge on any atom is -0.0761 e. The van der Waals surface area contributed by atoms with E-state index in [-0.39, 0.29) is 0 Å². The minimum absolute atomic E-state index is 1.16. The van der Waals surface area contributed by atoms with E-state index in [1.54, 1.807) is 0 Å². The Hall–Kier alpha value is -1.82. The first-order chi connectivity index (χ1) is 9.81. The lowest BCUT2D eigenvalue weighted by Crippen LogP contribution is -1.88. The number of unbranched alkanes of at least 4 members (excludes halogenated alkanes) is 3. The van der Waals surface area contributed by atoms with Crippen molar-refractivity contribution in [3.63, 3.8) is 0 Å². The average Bonchev–Trinajstić information content (AvgIpc) is 2.50. The van der Waals surface area contributed by atoms with Crippen LogP contribution in [0.5, 0.6) is 0 Å². The molecule has 0 saturated carbocycles. The summed E-state index contributed by atoms with van der Waals surface area (Å²) < 4.78 is 0. The van der Waals surface area contributed by atoms with Crippen molar-refractivity contribution >= 4 is 5.57 Å². The van der Waals surface area contributed by atoms with Gasteiger partial charge in [0, 0.05) is 0 Å². The van der Waals surface area contributed by atoms with E-state index in [9.17, 15) is 0 Å². The van der Waals surface area contributed by atoms with Crippen molar-refractivity contribution in [3.05, 3.63) is 77.4 Å². The molecule has 0 aliphatic heterocycles. The Balaban J connectivity index is 2.27. The first kappa shape index (κ1) is 14.6. The summed E-state index contributed by atoms with van der Waals surface area (Å²) in [5.74, 6) is 0. The van der Waals surface area contributed by atoms with Gasteiger partial charge < -0.3 is 0 Å². The highest BCUT2D eigenvalue weighted by Crippen LogP contribution is 2.24. The Morgan fingerprint density at radius 1 is 0.850 bits per heavy atom. The molecule has 0 aromatic heterocycles. The van der Waals surface area contributed by atoms with Crippen LogP contribution in [0.2, 0.25) is 0 Å². The van der Waals surface area contributed by atoms with E-state index in [0.29, 0.717) is 0 Å². The summed E-state index contributed by atoms with van der Waals surface area (Å²) in [7, 11) is 0. The SMILES string of the molecule is CCCCC/C=C(\c1ccccc1)c1ccc(C)cc1. The first-order valence-electron chi connectivity index (χ1n) is 7.64. The highest BCUT2D eigenvalue weighted by atomic mass is 14.1. The molecule has 2 aromatic carbocycles. The molecule has 0 saturated heterocycles. The monoisotopic (exact) mass is 264 g/mol. The molecule has 2 aromatic rings. The summed E-state index contributed by atoms with van der Waals surface area (Å²) >= 11 is 0. The topological polar surface area (TPSA) is 0 Å². The second-order valence-electron chi connectivity index (χ2n) is 5.35. The van der Waals surface area contributed by atoms with Crippen molar-refractivity contribution in [2.75, 3.05) is 0 Å². The van der Waals surface area contributed by atoms with E-state index < -0.39 is 0 Å². The van der Waals surface area contributed by atoms with Crippen molar-refractivity contribution in [3.8, 4) is 0 Å². The number of aryl methyl sites for hydroxylation is 1. The Morgan fingerprint density at radius 2 is 1.50 bits per heavy atom.